The Labute approximate surface area is 126 Å². The molecule has 1 fully saturated rings. The summed E-state index contributed by atoms with van der Waals surface area (Å²) in [5.74, 6) is 0.966. The molecule has 1 aliphatic rings. The highest BCUT2D eigenvalue weighted by Gasteiger charge is 2.19. The number of hydrogen-bond acceptors (Lipinski definition) is 1. The molecule has 0 amide bonds. The van der Waals surface area contributed by atoms with Gasteiger partial charge in [-0.25, -0.2) is 0 Å². The molecule has 106 valence electrons. The minimum absolute atomic E-state index is 0.630. The van der Waals surface area contributed by atoms with Gasteiger partial charge in [-0.15, -0.1) is 0 Å². The number of benzene rings is 1. The molecule has 1 aromatic rings. The first-order chi connectivity index (χ1) is 9.19. The maximum absolute atomic E-state index is 6.03. The summed E-state index contributed by atoms with van der Waals surface area (Å²) < 4.78 is 0. The first-order valence-electron chi connectivity index (χ1n) is 7.36. The number of hydrogen-bond donors (Lipinski definition) is 1. The molecule has 1 nitrogen and oxygen atoms in total. The molecule has 0 spiro atoms. The van der Waals surface area contributed by atoms with Gasteiger partial charge in [-0.05, 0) is 49.3 Å². The van der Waals surface area contributed by atoms with Gasteiger partial charge in [0.15, 0.2) is 0 Å². The molecule has 0 aromatic heterocycles. The maximum atomic E-state index is 6.03. The van der Waals surface area contributed by atoms with E-state index in [2.05, 4.69) is 12.2 Å². The summed E-state index contributed by atoms with van der Waals surface area (Å²) in [5, 5.41) is 4.92. The Morgan fingerprint density at radius 1 is 1.11 bits per heavy atom. The molecule has 0 atom stereocenters. The van der Waals surface area contributed by atoms with E-state index >= 15 is 0 Å². The van der Waals surface area contributed by atoms with Crippen LogP contribution >= 0.6 is 23.2 Å². The summed E-state index contributed by atoms with van der Waals surface area (Å²) in [6.45, 7) is 3.18. The van der Waals surface area contributed by atoms with E-state index in [0.717, 1.165) is 12.5 Å². The SMILES string of the molecule is CCCC1CCC(NCc2ccc(Cl)c(Cl)c2)CC1. The van der Waals surface area contributed by atoms with Gasteiger partial charge in [-0.2, -0.15) is 0 Å². The predicted octanol–water partition coefficient (Wildman–Crippen LogP) is 5.44. The normalized spacial score (nSPS) is 23.5. The van der Waals surface area contributed by atoms with Crippen LogP contribution in [0.4, 0.5) is 0 Å². The average Bonchev–Trinajstić information content (AvgIpc) is 2.42. The standard InChI is InChI=1S/C16H23Cl2N/c1-2-3-12-4-7-14(8-5-12)19-11-13-6-9-15(17)16(18)10-13/h6,9-10,12,14,19H,2-5,7-8,11H2,1H3. The molecule has 0 heterocycles. The van der Waals surface area contributed by atoms with E-state index in [4.69, 9.17) is 23.2 Å². The van der Waals surface area contributed by atoms with E-state index < -0.39 is 0 Å². The van der Waals surface area contributed by atoms with Crippen molar-refractivity contribution in [3.05, 3.63) is 33.8 Å². The zero-order valence-corrected chi connectivity index (χ0v) is 13.1. The van der Waals surface area contributed by atoms with Crippen molar-refractivity contribution in [3.8, 4) is 0 Å². The first-order valence-corrected chi connectivity index (χ1v) is 8.12. The van der Waals surface area contributed by atoms with Gasteiger partial charge in [0.25, 0.3) is 0 Å². The summed E-state index contributed by atoms with van der Waals surface area (Å²) in [6, 6.07) is 6.55. The largest absolute Gasteiger partial charge is 0.310 e. The fourth-order valence-electron chi connectivity index (χ4n) is 2.98. The molecular formula is C16H23Cl2N. The van der Waals surface area contributed by atoms with E-state index in [1.807, 2.05) is 18.2 Å². The fourth-order valence-corrected chi connectivity index (χ4v) is 3.30. The monoisotopic (exact) mass is 299 g/mol. The molecule has 1 aromatic carbocycles. The van der Waals surface area contributed by atoms with Gasteiger partial charge in [0.05, 0.1) is 10.0 Å². The molecule has 1 saturated carbocycles. The minimum Gasteiger partial charge on any atom is -0.310 e. The Morgan fingerprint density at radius 2 is 1.84 bits per heavy atom. The zero-order valence-electron chi connectivity index (χ0n) is 11.6. The van der Waals surface area contributed by atoms with E-state index in [1.165, 1.54) is 44.1 Å². The van der Waals surface area contributed by atoms with Crippen molar-refractivity contribution in [1.29, 1.82) is 0 Å². The smallest absolute Gasteiger partial charge is 0.0595 e. The lowest BCUT2D eigenvalue weighted by Gasteiger charge is -2.29. The third-order valence-corrected chi connectivity index (χ3v) is 4.86. The lowest BCUT2D eigenvalue weighted by atomic mass is 9.83. The quantitative estimate of drug-likeness (QED) is 0.763. The first kappa shape index (κ1) is 15.2. The van der Waals surface area contributed by atoms with Crippen LogP contribution in [-0.4, -0.2) is 6.04 Å². The number of nitrogens with one attached hydrogen (secondary N) is 1. The van der Waals surface area contributed by atoms with Crippen molar-refractivity contribution in [3.63, 3.8) is 0 Å². The van der Waals surface area contributed by atoms with Crippen molar-refractivity contribution in [2.24, 2.45) is 5.92 Å². The van der Waals surface area contributed by atoms with Crippen molar-refractivity contribution in [2.45, 2.75) is 58.0 Å². The summed E-state index contributed by atoms with van der Waals surface area (Å²) in [6.07, 6.45) is 8.11. The highest BCUT2D eigenvalue weighted by Crippen LogP contribution is 2.28. The third kappa shape index (κ3) is 4.66. The molecule has 0 aliphatic heterocycles. The second-order valence-electron chi connectivity index (χ2n) is 5.64. The van der Waals surface area contributed by atoms with Crippen molar-refractivity contribution in [2.75, 3.05) is 0 Å². The van der Waals surface area contributed by atoms with Gasteiger partial charge in [0.2, 0.25) is 0 Å². The van der Waals surface area contributed by atoms with E-state index in [9.17, 15) is 0 Å². The Morgan fingerprint density at radius 3 is 2.47 bits per heavy atom. The van der Waals surface area contributed by atoms with E-state index in [0.29, 0.717) is 16.1 Å². The Hall–Kier alpha value is -0.240. The van der Waals surface area contributed by atoms with Crippen molar-refractivity contribution < 1.29 is 0 Å². The van der Waals surface area contributed by atoms with Crippen molar-refractivity contribution in [1.82, 2.24) is 5.32 Å². The van der Waals surface area contributed by atoms with Gasteiger partial charge in [-0.3, -0.25) is 0 Å². The Balaban J connectivity index is 1.75. The molecule has 0 radical (unpaired) electrons. The van der Waals surface area contributed by atoms with Crippen LogP contribution in [0.5, 0.6) is 0 Å². The van der Waals surface area contributed by atoms with Crippen LogP contribution in [0.25, 0.3) is 0 Å². The minimum atomic E-state index is 0.630. The van der Waals surface area contributed by atoms with Crippen LogP contribution in [-0.2, 0) is 6.54 Å². The lowest BCUT2D eigenvalue weighted by molar-refractivity contribution is 0.277. The van der Waals surface area contributed by atoms with Gasteiger partial charge < -0.3 is 5.32 Å². The van der Waals surface area contributed by atoms with Crippen LogP contribution in [0.1, 0.15) is 51.0 Å². The summed E-state index contributed by atoms with van der Waals surface area (Å²) in [5.41, 5.74) is 1.21. The lowest BCUT2D eigenvalue weighted by Crippen LogP contribution is -2.32. The molecule has 0 bridgehead atoms. The van der Waals surface area contributed by atoms with Gasteiger partial charge in [-0.1, -0.05) is 49.0 Å². The highest BCUT2D eigenvalue weighted by molar-refractivity contribution is 6.42. The van der Waals surface area contributed by atoms with Crippen LogP contribution in [0.15, 0.2) is 18.2 Å². The highest BCUT2D eigenvalue weighted by atomic mass is 35.5. The zero-order chi connectivity index (χ0) is 13.7. The molecule has 0 saturated heterocycles. The summed E-state index contributed by atoms with van der Waals surface area (Å²) in [4.78, 5) is 0. The number of rotatable bonds is 5. The summed E-state index contributed by atoms with van der Waals surface area (Å²) >= 11 is 12.0. The van der Waals surface area contributed by atoms with Crippen LogP contribution in [0.2, 0.25) is 10.0 Å². The summed E-state index contributed by atoms with van der Waals surface area (Å²) in [7, 11) is 0. The van der Waals surface area contributed by atoms with Crippen LogP contribution in [0.3, 0.4) is 0 Å². The van der Waals surface area contributed by atoms with Gasteiger partial charge in [0.1, 0.15) is 0 Å². The molecule has 3 heteroatoms. The molecule has 1 N–H and O–H groups in total. The average molecular weight is 300 g/mol. The van der Waals surface area contributed by atoms with Crippen molar-refractivity contribution >= 4 is 23.2 Å². The topological polar surface area (TPSA) is 12.0 Å². The molecule has 19 heavy (non-hydrogen) atoms. The molecular weight excluding hydrogens is 277 g/mol. The second-order valence-corrected chi connectivity index (χ2v) is 6.45. The molecule has 1 aliphatic carbocycles. The van der Waals surface area contributed by atoms with Gasteiger partial charge in [0, 0.05) is 12.6 Å². The second kappa shape index (κ2) is 7.52. The Kier molecular flexibility index (Phi) is 6.00. The van der Waals surface area contributed by atoms with E-state index in [-0.39, 0.29) is 0 Å². The molecule has 2 rings (SSSR count). The maximum Gasteiger partial charge on any atom is 0.0595 e. The Bertz CT molecular complexity index is 398. The third-order valence-electron chi connectivity index (χ3n) is 4.12. The van der Waals surface area contributed by atoms with Crippen LogP contribution < -0.4 is 5.32 Å². The molecule has 0 unspecified atom stereocenters. The van der Waals surface area contributed by atoms with E-state index in [1.54, 1.807) is 0 Å². The predicted molar refractivity (Wildman–Crippen MR) is 84.0 cm³/mol. The van der Waals surface area contributed by atoms with Crippen LogP contribution in [0, 0.1) is 5.92 Å². The number of halogens is 2. The van der Waals surface area contributed by atoms with Gasteiger partial charge >= 0.3 is 0 Å². The fraction of sp³-hybridized carbons (Fsp3) is 0.625.